The van der Waals surface area contributed by atoms with Gasteiger partial charge in [0.2, 0.25) is 0 Å². The number of morpholine rings is 1. The molecule has 28 heavy (non-hydrogen) atoms. The molecule has 2 aromatic carbocycles. The molecule has 148 valence electrons. The number of amides is 1. The minimum Gasteiger partial charge on any atom is -0.493 e. The Hall–Kier alpha value is -3.26. The van der Waals surface area contributed by atoms with Crippen molar-refractivity contribution in [3.8, 4) is 11.5 Å². The fourth-order valence-corrected chi connectivity index (χ4v) is 3.02. The third kappa shape index (κ3) is 4.17. The topological polar surface area (TPSA) is 97.3 Å². The Bertz CT molecular complexity index is 860. The first kappa shape index (κ1) is 19.5. The summed E-state index contributed by atoms with van der Waals surface area (Å²) in [6, 6.07) is 9.89. The van der Waals surface area contributed by atoms with Gasteiger partial charge in [-0.3, -0.25) is 4.79 Å². The Morgan fingerprint density at radius 2 is 1.71 bits per heavy atom. The predicted molar refractivity (Wildman–Crippen MR) is 104 cm³/mol. The van der Waals surface area contributed by atoms with Crippen LogP contribution in [0.5, 0.6) is 11.5 Å². The fourth-order valence-electron chi connectivity index (χ4n) is 3.02. The number of ether oxygens (including phenoxy) is 3. The smallest absolute Gasteiger partial charge is 0.335 e. The third-order valence-electron chi connectivity index (χ3n) is 4.48. The molecule has 0 aliphatic carbocycles. The van der Waals surface area contributed by atoms with Crippen molar-refractivity contribution in [1.82, 2.24) is 0 Å². The summed E-state index contributed by atoms with van der Waals surface area (Å²) in [5.74, 6) is -1.03. The number of carboxylic acid groups (broad SMARTS) is 1. The number of rotatable bonds is 6. The summed E-state index contributed by atoms with van der Waals surface area (Å²) < 4.78 is 15.8. The maximum atomic E-state index is 12.7. The van der Waals surface area contributed by atoms with E-state index in [4.69, 9.17) is 14.2 Å². The van der Waals surface area contributed by atoms with Gasteiger partial charge in [0.15, 0.2) is 11.5 Å². The standard InChI is InChI=1S/C20H22N2O6/c1-26-17-12-14(20(24)25)11-16(18(17)27-2)21-19(23)13-3-5-15(6-4-13)22-7-9-28-10-8-22/h3-6,11-12H,7-10H2,1-2H3,(H,21,23)(H,24,25). The number of carboxylic acids is 1. The lowest BCUT2D eigenvalue weighted by atomic mass is 10.1. The molecule has 0 saturated carbocycles. The van der Waals surface area contributed by atoms with Crippen LogP contribution in [-0.4, -0.2) is 57.5 Å². The van der Waals surface area contributed by atoms with Crippen LogP contribution in [0.15, 0.2) is 36.4 Å². The second-order valence-electron chi connectivity index (χ2n) is 6.16. The average Bonchev–Trinajstić information content (AvgIpc) is 2.73. The summed E-state index contributed by atoms with van der Waals surface area (Å²) in [5.41, 5.74) is 1.67. The van der Waals surface area contributed by atoms with Crippen LogP contribution in [0.25, 0.3) is 0 Å². The van der Waals surface area contributed by atoms with E-state index >= 15 is 0 Å². The molecule has 0 aromatic heterocycles. The zero-order valence-corrected chi connectivity index (χ0v) is 15.7. The number of hydrogen-bond acceptors (Lipinski definition) is 6. The van der Waals surface area contributed by atoms with Gasteiger partial charge in [0, 0.05) is 24.3 Å². The second-order valence-corrected chi connectivity index (χ2v) is 6.16. The number of aromatic carboxylic acids is 1. The van der Waals surface area contributed by atoms with E-state index in [0.717, 1.165) is 18.8 Å². The molecule has 2 N–H and O–H groups in total. The monoisotopic (exact) mass is 386 g/mol. The van der Waals surface area contributed by atoms with Gasteiger partial charge in [0.25, 0.3) is 5.91 Å². The summed E-state index contributed by atoms with van der Waals surface area (Å²) in [6.07, 6.45) is 0. The number of methoxy groups -OCH3 is 2. The molecule has 1 amide bonds. The van der Waals surface area contributed by atoms with Crippen molar-refractivity contribution in [2.45, 2.75) is 0 Å². The van der Waals surface area contributed by atoms with Crippen LogP contribution in [0.4, 0.5) is 11.4 Å². The molecule has 8 heteroatoms. The van der Waals surface area contributed by atoms with E-state index in [1.54, 1.807) is 12.1 Å². The molecule has 2 aromatic rings. The number of hydrogen-bond donors (Lipinski definition) is 2. The van der Waals surface area contributed by atoms with E-state index in [1.807, 2.05) is 12.1 Å². The molecule has 0 radical (unpaired) electrons. The van der Waals surface area contributed by atoms with Crippen LogP contribution in [0.1, 0.15) is 20.7 Å². The zero-order chi connectivity index (χ0) is 20.1. The molecule has 1 aliphatic rings. The van der Waals surface area contributed by atoms with Crippen LogP contribution in [0.3, 0.4) is 0 Å². The van der Waals surface area contributed by atoms with E-state index in [1.165, 1.54) is 26.4 Å². The normalized spacial score (nSPS) is 13.7. The fraction of sp³-hybridized carbons (Fsp3) is 0.300. The molecule has 0 spiro atoms. The van der Waals surface area contributed by atoms with Crippen molar-refractivity contribution in [3.63, 3.8) is 0 Å². The summed E-state index contributed by atoms with van der Waals surface area (Å²) in [6.45, 7) is 2.99. The maximum Gasteiger partial charge on any atom is 0.335 e. The van der Waals surface area contributed by atoms with Gasteiger partial charge in [-0.15, -0.1) is 0 Å². The molecule has 0 bridgehead atoms. The van der Waals surface area contributed by atoms with Gasteiger partial charge < -0.3 is 29.5 Å². The molecule has 1 heterocycles. The number of carbonyl (C=O) groups excluding carboxylic acids is 1. The lowest BCUT2D eigenvalue weighted by molar-refractivity contribution is 0.0696. The summed E-state index contributed by atoms with van der Waals surface area (Å²) >= 11 is 0. The van der Waals surface area contributed by atoms with Crippen molar-refractivity contribution in [2.24, 2.45) is 0 Å². The van der Waals surface area contributed by atoms with Crippen LogP contribution in [0, 0.1) is 0 Å². The highest BCUT2D eigenvalue weighted by Crippen LogP contribution is 2.37. The molecular weight excluding hydrogens is 364 g/mol. The van der Waals surface area contributed by atoms with Gasteiger partial charge in [-0.05, 0) is 36.4 Å². The van der Waals surface area contributed by atoms with Gasteiger partial charge in [0.05, 0.1) is 38.7 Å². The molecule has 1 fully saturated rings. The van der Waals surface area contributed by atoms with Gasteiger partial charge in [-0.2, -0.15) is 0 Å². The first-order chi connectivity index (χ1) is 13.5. The number of benzene rings is 2. The molecule has 3 rings (SSSR count). The highest BCUT2D eigenvalue weighted by Gasteiger charge is 2.18. The van der Waals surface area contributed by atoms with E-state index in [2.05, 4.69) is 10.2 Å². The summed E-state index contributed by atoms with van der Waals surface area (Å²) in [7, 11) is 2.82. The Balaban J connectivity index is 1.82. The maximum absolute atomic E-state index is 12.7. The minimum absolute atomic E-state index is 0.0179. The number of carbonyl (C=O) groups is 2. The quantitative estimate of drug-likeness (QED) is 0.787. The predicted octanol–water partition coefficient (Wildman–Crippen LogP) is 2.49. The van der Waals surface area contributed by atoms with E-state index in [0.29, 0.717) is 18.8 Å². The zero-order valence-electron chi connectivity index (χ0n) is 15.7. The SMILES string of the molecule is COc1cc(C(=O)O)cc(NC(=O)c2ccc(N3CCOCC3)cc2)c1OC. The molecule has 0 atom stereocenters. The highest BCUT2D eigenvalue weighted by atomic mass is 16.5. The Morgan fingerprint density at radius 3 is 2.29 bits per heavy atom. The van der Waals surface area contributed by atoms with Gasteiger partial charge >= 0.3 is 5.97 Å². The minimum atomic E-state index is -1.13. The van der Waals surface area contributed by atoms with Crippen LogP contribution < -0.4 is 19.7 Å². The lowest BCUT2D eigenvalue weighted by Crippen LogP contribution is -2.36. The Kier molecular flexibility index (Phi) is 6.00. The third-order valence-corrected chi connectivity index (χ3v) is 4.48. The summed E-state index contributed by atoms with van der Waals surface area (Å²) in [5, 5.41) is 12.0. The van der Waals surface area contributed by atoms with Crippen LogP contribution in [-0.2, 0) is 4.74 Å². The number of nitrogens with zero attached hydrogens (tertiary/aromatic N) is 1. The Labute approximate surface area is 162 Å². The average molecular weight is 386 g/mol. The van der Waals surface area contributed by atoms with E-state index in [9.17, 15) is 14.7 Å². The largest absolute Gasteiger partial charge is 0.493 e. The van der Waals surface area contributed by atoms with Crippen molar-refractivity contribution in [1.29, 1.82) is 0 Å². The van der Waals surface area contributed by atoms with Gasteiger partial charge in [-0.1, -0.05) is 0 Å². The molecule has 0 unspecified atom stereocenters. The van der Waals surface area contributed by atoms with Crippen molar-refractivity contribution < 1.29 is 28.9 Å². The van der Waals surface area contributed by atoms with E-state index < -0.39 is 5.97 Å². The number of anilines is 2. The molecular formula is C20H22N2O6. The molecule has 1 saturated heterocycles. The molecule has 1 aliphatic heterocycles. The van der Waals surface area contributed by atoms with Gasteiger partial charge in [-0.25, -0.2) is 4.79 Å². The molecule has 8 nitrogen and oxygen atoms in total. The van der Waals surface area contributed by atoms with Crippen molar-refractivity contribution >= 4 is 23.3 Å². The first-order valence-electron chi connectivity index (χ1n) is 8.77. The van der Waals surface area contributed by atoms with Crippen LogP contribution >= 0.6 is 0 Å². The van der Waals surface area contributed by atoms with E-state index in [-0.39, 0.29) is 28.7 Å². The van der Waals surface area contributed by atoms with Crippen molar-refractivity contribution in [2.75, 3.05) is 50.7 Å². The number of nitrogens with one attached hydrogen (secondary N) is 1. The highest BCUT2D eigenvalue weighted by molar-refractivity contribution is 6.06. The Morgan fingerprint density at radius 1 is 1.04 bits per heavy atom. The first-order valence-corrected chi connectivity index (χ1v) is 8.77. The lowest BCUT2D eigenvalue weighted by Gasteiger charge is -2.28. The van der Waals surface area contributed by atoms with Crippen LogP contribution in [0.2, 0.25) is 0 Å². The summed E-state index contributed by atoms with van der Waals surface area (Å²) in [4.78, 5) is 26.2. The second kappa shape index (κ2) is 8.62. The van der Waals surface area contributed by atoms with Gasteiger partial charge in [0.1, 0.15) is 0 Å². The van der Waals surface area contributed by atoms with Crippen molar-refractivity contribution in [3.05, 3.63) is 47.5 Å².